The van der Waals surface area contributed by atoms with Crippen LogP contribution in [0.5, 0.6) is 0 Å². The molecule has 0 saturated carbocycles. The third-order valence-corrected chi connectivity index (χ3v) is 2.54. The molecule has 1 aromatic carbocycles. The Kier molecular flexibility index (Phi) is 3.44. The highest BCUT2D eigenvalue weighted by Gasteiger charge is 2.33. The Morgan fingerprint density at radius 1 is 1.56 bits per heavy atom. The second-order valence-electron chi connectivity index (χ2n) is 3.51. The Hall–Kier alpha value is -1.27. The van der Waals surface area contributed by atoms with E-state index in [4.69, 9.17) is 17.3 Å². The number of nitro benzene ring substituents is 1. The number of hydrogen-bond acceptors (Lipinski definition) is 3. The quantitative estimate of drug-likeness (QED) is 0.662. The van der Waals surface area contributed by atoms with Crippen LogP contribution in [0.15, 0.2) is 18.2 Å². The van der Waals surface area contributed by atoms with Gasteiger partial charge in [-0.1, -0.05) is 17.7 Å². The van der Waals surface area contributed by atoms with E-state index in [9.17, 15) is 18.9 Å². The minimum absolute atomic E-state index is 0.0291. The second kappa shape index (κ2) is 4.31. The first-order valence-electron chi connectivity index (χ1n) is 4.28. The Morgan fingerprint density at radius 3 is 2.56 bits per heavy atom. The molecule has 0 radical (unpaired) electrons. The van der Waals surface area contributed by atoms with Gasteiger partial charge in [-0.25, -0.2) is 8.78 Å². The highest BCUT2D eigenvalue weighted by molar-refractivity contribution is 6.32. The van der Waals surface area contributed by atoms with Crippen LogP contribution in [0.3, 0.4) is 0 Å². The molecule has 0 bridgehead atoms. The second-order valence-corrected chi connectivity index (χ2v) is 3.91. The molecular formula is C9H9ClF2N2O2. The summed E-state index contributed by atoms with van der Waals surface area (Å²) in [5.41, 5.74) is 2.99. The zero-order chi connectivity index (χ0) is 12.5. The van der Waals surface area contributed by atoms with Gasteiger partial charge in [0.25, 0.3) is 12.1 Å². The normalized spacial score (nSPS) is 14.9. The van der Waals surface area contributed by atoms with Crippen LogP contribution in [-0.2, 0) is 5.54 Å². The van der Waals surface area contributed by atoms with E-state index in [1.807, 2.05) is 0 Å². The summed E-state index contributed by atoms with van der Waals surface area (Å²) in [6, 6.07) is 3.40. The first-order valence-corrected chi connectivity index (χ1v) is 4.66. The number of nitrogens with two attached hydrogens (primary N) is 1. The van der Waals surface area contributed by atoms with Gasteiger partial charge in [-0.2, -0.15) is 0 Å². The maximum absolute atomic E-state index is 12.6. The zero-order valence-corrected chi connectivity index (χ0v) is 9.04. The topological polar surface area (TPSA) is 69.2 Å². The van der Waals surface area contributed by atoms with Gasteiger partial charge in [-0.05, 0) is 18.6 Å². The summed E-state index contributed by atoms with van der Waals surface area (Å²) < 4.78 is 25.2. The van der Waals surface area contributed by atoms with E-state index in [1.54, 1.807) is 0 Å². The fraction of sp³-hybridized carbons (Fsp3) is 0.333. The van der Waals surface area contributed by atoms with Crippen molar-refractivity contribution < 1.29 is 13.7 Å². The average molecular weight is 251 g/mol. The first kappa shape index (κ1) is 12.8. The summed E-state index contributed by atoms with van der Waals surface area (Å²) >= 11 is 5.55. The molecule has 0 aliphatic heterocycles. The minimum atomic E-state index is -2.83. The standard InChI is InChI=1S/C9H9ClF2N2O2/c1-9(13,8(11)12)5-2-3-6(10)7(4-5)14(15)16/h2-4,8H,13H2,1H3. The molecule has 0 aromatic heterocycles. The van der Waals surface area contributed by atoms with Crippen molar-refractivity contribution >= 4 is 17.3 Å². The molecule has 1 atom stereocenters. The first-order chi connectivity index (χ1) is 7.26. The molecule has 0 saturated heterocycles. The van der Waals surface area contributed by atoms with Gasteiger partial charge in [-0.3, -0.25) is 10.1 Å². The van der Waals surface area contributed by atoms with Crippen molar-refractivity contribution in [3.05, 3.63) is 38.9 Å². The molecule has 4 nitrogen and oxygen atoms in total. The third kappa shape index (κ3) is 2.28. The lowest BCUT2D eigenvalue weighted by Crippen LogP contribution is -2.40. The summed E-state index contributed by atoms with van der Waals surface area (Å²) in [5.74, 6) is 0. The number of alkyl halides is 2. The van der Waals surface area contributed by atoms with Gasteiger partial charge in [-0.15, -0.1) is 0 Å². The van der Waals surface area contributed by atoms with Crippen molar-refractivity contribution in [1.29, 1.82) is 0 Å². The Labute approximate surface area is 95.2 Å². The maximum Gasteiger partial charge on any atom is 0.288 e. The van der Waals surface area contributed by atoms with Crippen LogP contribution in [0.1, 0.15) is 12.5 Å². The number of hydrogen-bond donors (Lipinski definition) is 1. The lowest BCUT2D eigenvalue weighted by Gasteiger charge is -2.23. The maximum atomic E-state index is 12.6. The van der Waals surface area contributed by atoms with Gasteiger partial charge in [0, 0.05) is 6.07 Å². The molecule has 1 aromatic rings. The SMILES string of the molecule is CC(N)(c1ccc(Cl)c([N+](=O)[O-])c1)C(F)F. The van der Waals surface area contributed by atoms with Gasteiger partial charge in [0.2, 0.25) is 0 Å². The van der Waals surface area contributed by atoms with Crippen molar-refractivity contribution in [2.24, 2.45) is 5.73 Å². The van der Waals surface area contributed by atoms with Crippen molar-refractivity contribution in [3.63, 3.8) is 0 Å². The molecule has 2 N–H and O–H groups in total. The summed E-state index contributed by atoms with van der Waals surface area (Å²) in [6.45, 7) is 1.10. The van der Waals surface area contributed by atoms with Gasteiger partial charge >= 0.3 is 0 Å². The van der Waals surface area contributed by atoms with Crippen molar-refractivity contribution in [3.8, 4) is 0 Å². The van der Waals surface area contributed by atoms with Crippen LogP contribution in [0.2, 0.25) is 5.02 Å². The van der Waals surface area contributed by atoms with E-state index < -0.39 is 22.6 Å². The summed E-state index contributed by atoms with van der Waals surface area (Å²) in [7, 11) is 0. The molecule has 88 valence electrons. The van der Waals surface area contributed by atoms with Crippen molar-refractivity contribution in [1.82, 2.24) is 0 Å². The Balaban J connectivity index is 3.28. The van der Waals surface area contributed by atoms with Crippen LogP contribution >= 0.6 is 11.6 Å². The fourth-order valence-electron chi connectivity index (χ4n) is 1.11. The van der Waals surface area contributed by atoms with E-state index >= 15 is 0 Å². The van der Waals surface area contributed by atoms with Crippen LogP contribution in [0.25, 0.3) is 0 Å². The van der Waals surface area contributed by atoms with Crippen LogP contribution in [-0.4, -0.2) is 11.3 Å². The third-order valence-electron chi connectivity index (χ3n) is 2.22. The predicted molar refractivity (Wildman–Crippen MR) is 55.6 cm³/mol. The van der Waals surface area contributed by atoms with Crippen LogP contribution in [0, 0.1) is 10.1 Å². The highest BCUT2D eigenvalue weighted by atomic mass is 35.5. The lowest BCUT2D eigenvalue weighted by molar-refractivity contribution is -0.384. The Bertz CT molecular complexity index is 424. The monoisotopic (exact) mass is 250 g/mol. The van der Waals surface area contributed by atoms with Crippen molar-refractivity contribution in [2.75, 3.05) is 0 Å². The molecule has 0 fully saturated rings. The van der Waals surface area contributed by atoms with E-state index in [0.717, 1.165) is 13.0 Å². The number of nitrogens with zero attached hydrogens (tertiary/aromatic N) is 1. The molecule has 0 aliphatic carbocycles. The molecule has 0 aliphatic rings. The van der Waals surface area contributed by atoms with E-state index in [0.29, 0.717) is 0 Å². The van der Waals surface area contributed by atoms with Gasteiger partial charge in [0.1, 0.15) is 5.02 Å². The summed E-state index contributed by atoms with van der Waals surface area (Å²) in [5, 5.41) is 10.5. The van der Waals surface area contributed by atoms with E-state index in [1.165, 1.54) is 12.1 Å². The molecule has 0 heterocycles. The van der Waals surface area contributed by atoms with Crippen molar-refractivity contribution in [2.45, 2.75) is 18.9 Å². The van der Waals surface area contributed by atoms with Gasteiger partial charge in [0.15, 0.2) is 0 Å². The summed E-state index contributed by atoms with van der Waals surface area (Å²) in [6.07, 6.45) is -2.83. The van der Waals surface area contributed by atoms with Gasteiger partial charge in [0.05, 0.1) is 10.5 Å². The minimum Gasteiger partial charge on any atom is -0.317 e. The zero-order valence-electron chi connectivity index (χ0n) is 8.28. The molecule has 7 heteroatoms. The number of benzene rings is 1. The van der Waals surface area contributed by atoms with Crippen LogP contribution < -0.4 is 5.73 Å². The molecule has 0 spiro atoms. The molecule has 0 amide bonds. The molecule has 16 heavy (non-hydrogen) atoms. The van der Waals surface area contributed by atoms with E-state index in [2.05, 4.69) is 0 Å². The molecule has 1 rings (SSSR count). The van der Waals surface area contributed by atoms with Crippen LogP contribution in [0.4, 0.5) is 14.5 Å². The number of halogens is 3. The lowest BCUT2D eigenvalue weighted by atomic mass is 9.93. The smallest absolute Gasteiger partial charge is 0.288 e. The largest absolute Gasteiger partial charge is 0.317 e. The summed E-state index contributed by atoms with van der Waals surface area (Å²) in [4.78, 5) is 9.82. The molecular weight excluding hydrogens is 242 g/mol. The van der Waals surface area contributed by atoms with Gasteiger partial charge < -0.3 is 5.73 Å². The number of nitro groups is 1. The predicted octanol–water partition coefficient (Wildman–Crippen LogP) is 2.69. The van der Waals surface area contributed by atoms with E-state index in [-0.39, 0.29) is 10.6 Å². The fourth-order valence-corrected chi connectivity index (χ4v) is 1.30. The Morgan fingerprint density at radius 2 is 2.12 bits per heavy atom. The molecule has 1 unspecified atom stereocenters. The number of rotatable bonds is 3. The average Bonchev–Trinajstić information content (AvgIpc) is 2.17. The highest BCUT2D eigenvalue weighted by Crippen LogP contribution is 2.31.